The van der Waals surface area contributed by atoms with Gasteiger partial charge in [-0.3, -0.25) is 0 Å². The van der Waals surface area contributed by atoms with Crippen molar-refractivity contribution in [1.29, 1.82) is 0 Å². The van der Waals surface area contributed by atoms with Crippen LogP contribution in [-0.2, 0) is 23.1 Å². The van der Waals surface area contributed by atoms with Crippen molar-refractivity contribution in [2.75, 3.05) is 20.7 Å². The Bertz CT molecular complexity index is 941. The molecule has 0 atom stereocenters. The summed E-state index contributed by atoms with van der Waals surface area (Å²) in [6, 6.07) is 14.6. The lowest BCUT2D eigenvalue weighted by Crippen LogP contribution is -2.36. The molecule has 0 bridgehead atoms. The van der Waals surface area contributed by atoms with Crippen molar-refractivity contribution in [3.05, 3.63) is 59.7 Å². The zero-order valence-corrected chi connectivity index (χ0v) is 19.2. The molecule has 2 rings (SSSR count). The zero-order chi connectivity index (χ0) is 22.1. The monoisotopic (exact) mass is 432 g/mol. The summed E-state index contributed by atoms with van der Waals surface area (Å²) in [5.41, 5.74) is 1.96. The van der Waals surface area contributed by atoms with Crippen LogP contribution in [0, 0.1) is 0 Å². The third-order valence-electron chi connectivity index (χ3n) is 4.73. The number of nitrogens with zero attached hydrogens (tertiary/aromatic N) is 2. The molecule has 0 aromatic heterocycles. The quantitative estimate of drug-likeness (QED) is 0.470. The molecule has 0 amide bonds. The summed E-state index contributed by atoms with van der Waals surface area (Å²) < 4.78 is 31.9. The Morgan fingerprint density at radius 1 is 1.10 bits per heavy atom. The van der Waals surface area contributed by atoms with E-state index in [-0.39, 0.29) is 10.9 Å². The molecule has 0 unspecified atom stereocenters. The molecule has 0 spiro atoms. The predicted molar refractivity (Wildman–Crippen MR) is 121 cm³/mol. The van der Waals surface area contributed by atoms with Crippen LogP contribution in [0.15, 0.2) is 58.4 Å². The van der Waals surface area contributed by atoms with Crippen molar-refractivity contribution < 1.29 is 13.2 Å². The number of hydrogen-bond acceptors (Lipinski definition) is 4. The summed E-state index contributed by atoms with van der Waals surface area (Å²) >= 11 is 0. The van der Waals surface area contributed by atoms with Crippen LogP contribution < -0.4 is 15.4 Å². The molecule has 2 aromatic carbocycles. The van der Waals surface area contributed by atoms with E-state index < -0.39 is 10.0 Å². The molecule has 2 aromatic rings. The smallest absolute Gasteiger partial charge is 0.243 e. The maximum Gasteiger partial charge on any atom is 0.243 e. The number of methoxy groups -OCH3 is 1. The molecule has 0 aliphatic rings. The first kappa shape index (κ1) is 23.7. The summed E-state index contributed by atoms with van der Waals surface area (Å²) in [4.78, 5) is 4.89. The minimum atomic E-state index is -3.48. The van der Waals surface area contributed by atoms with E-state index in [2.05, 4.69) is 15.6 Å². The van der Waals surface area contributed by atoms with Crippen LogP contribution in [0.1, 0.15) is 31.9 Å². The van der Waals surface area contributed by atoms with E-state index in [0.717, 1.165) is 23.4 Å². The first-order chi connectivity index (χ1) is 14.3. The van der Waals surface area contributed by atoms with E-state index in [0.29, 0.717) is 19.0 Å². The van der Waals surface area contributed by atoms with Crippen molar-refractivity contribution in [2.24, 2.45) is 4.99 Å². The van der Waals surface area contributed by atoms with Crippen LogP contribution in [0.5, 0.6) is 5.75 Å². The fourth-order valence-electron chi connectivity index (χ4n) is 2.75. The molecular weight excluding hydrogens is 400 g/mol. The van der Waals surface area contributed by atoms with E-state index in [4.69, 9.17) is 4.74 Å². The minimum Gasteiger partial charge on any atom is -0.496 e. The van der Waals surface area contributed by atoms with Gasteiger partial charge in [0.15, 0.2) is 5.96 Å². The highest BCUT2D eigenvalue weighted by Crippen LogP contribution is 2.18. The molecule has 164 valence electrons. The maximum absolute atomic E-state index is 12.6. The van der Waals surface area contributed by atoms with E-state index >= 15 is 0 Å². The second-order valence-corrected chi connectivity index (χ2v) is 9.12. The van der Waals surface area contributed by atoms with Gasteiger partial charge in [0.2, 0.25) is 10.0 Å². The summed E-state index contributed by atoms with van der Waals surface area (Å²) in [5.74, 6) is 1.50. The van der Waals surface area contributed by atoms with Gasteiger partial charge in [0.25, 0.3) is 0 Å². The number of benzene rings is 2. The van der Waals surface area contributed by atoms with Crippen LogP contribution in [0.4, 0.5) is 0 Å². The van der Waals surface area contributed by atoms with Gasteiger partial charge in [-0.15, -0.1) is 0 Å². The lowest BCUT2D eigenvalue weighted by atomic mass is 10.2. The minimum absolute atomic E-state index is 0.101. The van der Waals surface area contributed by atoms with Gasteiger partial charge in [-0.25, -0.2) is 13.4 Å². The van der Waals surface area contributed by atoms with Crippen molar-refractivity contribution in [1.82, 2.24) is 14.9 Å². The summed E-state index contributed by atoms with van der Waals surface area (Å²) in [7, 11) is -0.235. The Hall–Kier alpha value is -2.58. The summed E-state index contributed by atoms with van der Waals surface area (Å²) in [5, 5.41) is 6.52. The van der Waals surface area contributed by atoms with Gasteiger partial charge in [-0.05, 0) is 44.5 Å². The average molecular weight is 433 g/mol. The Kier molecular flexibility index (Phi) is 8.68. The van der Waals surface area contributed by atoms with Crippen molar-refractivity contribution in [3.63, 3.8) is 0 Å². The lowest BCUT2D eigenvalue weighted by molar-refractivity contribution is 0.409. The van der Waals surface area contributed by atoms with E-state index in [1.165, 1.54) is 4.31 Å². The maximum atomic E-state index is 12.6. The van der Waals surface area contributed by atoms with Crippen LogP contribution in [0.2, 0.25) is 0 Å². The predicted octanol–water partition coefficient (Wildman–Crippen LogP) is 2.98. The first-order valence-electron chi connectivity index (χ1n) is 10.0. The summed E-state index contributed by atoms with van der Waals surface area (Å²) in [6.07, 6.45) is 0. The van der Waals surface area contributed by atoms with E-state index in [9.17, 15) is 8.42 Å². The number of hydrogen-bond donors (Lipinski definition) is 2. The highest BCUT2D eigenvalue weighted by molar-refractivity contribution is 7.89. The van der Waals surface area contributed by atoms with Gasteiger partial charge < -0.3 is 15.4 Å². The molecule has 30 heavy (non-hydrogen) atoms. The molecule has 7 nitrogen and oxygen atoms in total. The number of aliphatic imine (C=N–C) groups is 1. The largest absolute Gasteiger partial charge is 0.496 e. The number of guanidine groups is 1. The fraction of sp³-hybridized carbons (Fsp3) is 0.409. The molecule has 0 radical (unpaired) electrons. The fourth-order valence-corrected chi connectivity index (χ4v) is 4.12. The molecule has 0 saturated carbocycles. The highest BCUT2D eigenvalue weighted by Gasteiger charge is 2.22. The average Bonchev–Trinajstić information content (AvgIpc) is 2.75. The molecule has 0 saturated heterocycles. The number of sulfonamides is 1. The topological polar surface area (TPSA) is 83.0 Å². The number of para-hydroxylation sites is 1. The lowest BCUT2D eigenvalue weighted by Gasteiger charge is -2.21. The third kappa shape index (κ3) is 6.21. The molecular formula is C22H32N4O3S. The van der Waals surface area contributed by atoms with Gasteiger partial charge in [-0.2, -0.15) is 4.31 Å². The number of rotatable bonds is 9. The SMILES string of the molecule is CCNC(=NCc1ccc(S(=O)(=O)N(C)C(C)C)cc1)NCc1ccccc1OC. The highest BCUT2D eigenvalue weighted by atomic mass is 32.2. The van der Waals surface area contributed by atoms with Crippen molar-refractivity contribution in [3.8, 4) is 5.75 Å². The Balaban J connectivity index is 2.07. The summed E-state index contributed by atoms with van der Waals surface area (Å²) in [6.45, 7) is 7.44. The van der Waals surface area contributed by atoms with E-state index in [1.54, 1.807) is 38.4 Å². The van der Waals surface area contributed by atoms with Crippen LogP contribution in [-0.4, -0.2) is 45.4 Å². The van der Waals surface area contributed by atoms with Crippen molar-refractivity contribution in [2.45, 2.75) is 44.8 Å². The normalized spacial score (nSPS) is 12.3. The molecule has 0 aliphatic carbocycles. The van der Waals surface area contributed by atoms with Crippen molar-refractivity contribution >= 4 is 16.0 Å². The molecule has 0 heterocycles. The van der Waals surface area contributed by atoms with Gasteiger partial charge >= 0.3 is 0 Å². The standard InChI is InChI=1S/C22H32N4O3S/c1-6-23-22(25-16-19-9-7-8-10-21(19)29-5)24-15-18-11-13-20(14-12-18)30(27,28)26(4)17(2)3/h7-14,17H,6,15-16H2,1-5H3,(H2,23,24,25). The van der Waals surface area contributed by atoms with Gasteiger partial charge in [-0.1, -0.05) is 30.3 Å². The van der Waals surface area contributed by atoms with Gasteiger partial charge in [0, 0.05) is 31.7 Å². The molecule has 2 N–H and O–H groups in total. The number of nitrogens with one attached hydrogen (secondary N) is 2. The Morgan fingerprint density at radius 3 is 2.37 bits per heavy atom. The number of ether oxygens (including phenoxy) is 1. The first-order valence-corrected chi connectivity index (χ1v) is 11.4. The second-order valence-electron chi connectivity index (χ2n) is 7.12. The van der Waals surface area contributed by atoms with Crippen LogP contribution in [0.3, 0.4) is 0 Å². The molecule has 8 heteroatoms. The Morgan fingerprint density at radius 2 is 1.77 bits per heavy atom. The van der Waals surface area contributed by atoms with Gasteiger partial charge in [0.05, 0.1) is 18.6 Å². The zero-order valence-electron chi connectivity index (χ0n) is 18.3. The molecule has 0 aliphatic heterocycles. The Labute approximate surface area is 180 Å². The van der Waals surface area contributed by atoms with Gasteiger partial charge in [0.1, 0.15) is 5.75 Å². The van der Waals surface area contributed by atoms with E-state index in [1.807, 2.05) is 45.0 Å². The van der Waals surface area contributed by atoms with Crippen LogP contribution >= 0.6 is 0 Å². The van der Waals surface area contributed by atoms with Crippen LogP contribution in [0.25, 0.3) is 0 Å². The second kappa shape index (κ2) is 11.0. The third-order valence-corrected chi connectivity index (χ3v) is 6.78. The molecule has 0 fully saturated rings.